The molecule has 0 saturated carbocycles. The number of amides is 10. The van der Waals surface area contributed by atoms with Crippen LogP contribution in [0.15, 0.2) is 218 Å². The Kier molecular flexibility index (Phi) is 44.3. The van der Waals surface area contributed by atoms with Crippen molar-refractivity contribution in [3.05, 3.63) is 285 Å². The van der Waals surface area contributed by atoms with Crippen molar-refractivity contribution >= 4 is 228 Å². The van der Waals surface area contributed by atoms with E-state index >= 15 is 0 Å². The molecule has 6 unspecified atom stereocenters. The van der Waals surface area contributed by atoms with Crippen molar-refractivity contribution < 1.29 is 76.4 Å². The number of hydrogen-bond acceptors (Lipinski definition) is 21. The lowest BCUT2D eigenvalue weighted by Crippen LogP contribution is -2.64. The smallest absolute Gasteiger partial charge is 0.258 e. The second-order valence-electron chi connectivity index (χ2n) is 30.1. The van der Waals surface area contributed by atoms with Crippen molar-refractivity contribution in [3.63, 3.8) is 0 Å². The van der Waals surface area contributed by atoms with Crippen molar-refractivity contribution in [2.75, 3.05) is 68.8 Å². The molecule has 10 amide bonds. The van der Waals surface area contributed by atoms with Crippen LogP contribution >= 0.6 is 130 Å². The lowest BCUT2D eigenvalue weighted by molar-refractivity contribution is -0.155. The first-order valence-corrected chi connectivity index (χ1v) is 57.2. The number of nitrogens with one attached hydrogen (secondary N) is 2. The zero-order valence-electron chi connectivity index (χ0n) is 73.7. The molecular weight excluding hydrogens is 2170 g/mol. The van der Waals surface area contributed by atoms with E-state index in [-0.39, 0.29) is 91.8 Å². The van der Waals surface area contributed by atoms with Crippen LogP contribution in [0.5, 0.6) is 34.5 Å². The van der Waals surface area contributed by atoms with Gasteiger partial charge in [0.2, 0.25) is 23.6 Å². The molecule has 40 heteroatoms. The number of carbonyl (C=O) groups excluding carboxylic acids is 10. The highest BCUT2D eigenvalue weighted by atomic mass is 128. The number of benzene rings is 9. The third-order valence-corrected chi connectivity index (χ3v) is 32.3. The average Bonchev–Trinajstić information content (AvgIpc) is 1.49. The van der Waals surface area contributed by atoms with Gasteiger partial charge >= 0.3 is 0 Å². The summed E-state index contributed by atoms with van der Waals surface area (Å²) in [6.45, 7) is 9.68. The number of hydrogen-bond donors (Lipinski definition) is 4. The van der Waals surface area contributed by atoms with Crippen LogP contribution in [-0.4, -0.2) is 204 Å². The van der Waals surface area contributed by atoms with Crippen LogP contribution in [-0.2, 0) is 145 Å². The summed E-state index contributed by atoms with van der Waals surface area (Å²) in [5.74, 6) is 4.31. The number of ether oxygens (including phenoxy) is 6. The van der Waals surface area contributed by atoms with Crippen LogP contribution in [0.4, 0.5) is 0 Å². The number of thiol groups is 2. The fourth-order valence-corrected chi connectivity index (χ4v) is 25.1. The maximum absolute atomic E-state index is 13.3. The van der Waals surface area contributed by atoms with E-state index in [1.54, 1.807) is 72.1 Å². The number of fused-ring (bicyclic) bond motifs is 5. The van der Waals surface area contributed by atoms with E-state index in [0.29, 0.717) is 57.4 Å². The second kappa shape index (κ2) is 54.5. The van der Waals surface area contributed by atoms with E-state index in [4.69, 9.17) is 86.0 Å². The zero-order valence-corrected chi connectivity index (χ0v) is 87.8. The predicted molar refractivity (Wildman–Crippen MR) is 556 cm³/mol. The van der Waals surface area contributed by atoms with Gasteiger partial charge in [0, 0.05) is 95.5 Å². The van der Waals surface area contributed by atoms with Crippen molar-refractivity contribution in [1.82, 2.24) is 49.8 Å². The summed E-state index contributed by atoms with van der Waals surface area (Å²) in [6.07, 6.45) is 0. The lowest BCUT2D eigenvalue weighted by atomic mass is 10.1. The molecule has 8 saturated heterocycles. The summed E-state index contributed by atoms with van der Waals surface area (Å²) >= 11 is 38.2. The fourth-order valence-electron chi connectivity index (χ4n) is 13.9. The van der Waals surface area contributed by atoms with Gasteiger partial charge in [-0.25, -0.2) is 0 Å². The van der Waals surface area contributed by atoms with Gasteiger partial charge < -0.3 is 78.3 Å². The Bertz CT molecular complexity index is 5390. The molecule has 8 aliphatic rings. The molecule has 4 bridgehead atoms. The Morgan fingerprint density at radius 2 is 0.654 bits per heavy atom. The number of piperazine rings is 5. The van der Waals surface area contributed by atoms with E-state index < -0.39 is 46.0 Å². The minimum absolute atomic E-state index is 0.00581. The van der Waals surface area contributed by atoms with Crippen LogP contribution in [0.2, 0.25) is 0 Å². The summed E-state index contributed by atoms with van der Waals surface area (Å²) in [7, 11) is 14.8. The summed E-state index contributed by atoms with van der Waals surface area (Å²) in [5.41, 5.74) is 12.5. The summed E-state index contributed by atoms with van der Waals surface area (Å²) in [5, 5.41) is 1.20. The van der Waals surface area contributed by atoms with E-state index in [9.17, 15) is 47.9 Å². The fraction of sp³-hybridized carbons (Fsp3) is 0.312. The van der Waals surface area contributed by atoms with Crippen molar-refractivity contribution in [2.45, 2.75) is 116 Å². The third-order valence-electron chi connectivity index (χ3n) is 21.1. The van der Waals surface area contributed by atoms with Gasteiger partial charge in [0.05, 0.1) is 55.7 Å². The first kappa shape index (κ1) is 108. The quantitative estimate of drug-likeness (QED) is 0.0200. The van der Waals surface area contributed by atoms with E-state index in [0.717, 1.165) is 78.8 Å². The molecule has 8 heterocycles. The SMILES string of the molecule is COc1ccc(CN2C(=O)C3N(Cc4ccc(OC)cc4)C(=O)C2S3=S=S=S)cc1.COc1ccc(CN2C(=O)C3SSC2C(=O)N3Cc2ccc(C)cc2)cc1.COc1ccc(CN2CC(=O)N(Cc3ccc(OC)cc3)CC2=O)cc1.COc1cccc(CN2C(=O)C(S)N(Cc3ccc(C)cc3)C(=O)C2S)c1.Cc1ccc(CCl)cc1.ClC(Cl)Cl.II.O=C1CNC(=O)CN1. The molecule has 0 aliphatic carbocycles. The number of carbonyl (C=O) groups is 10. The minimum Gasteiger partial charge on any atom is -0.497 e. The maximum atomic E-state index is 13.3. The Labute approximate surface area is 849 Å². The average molecular weight is 2270 g/mol. The van der Waals surface area contributed by atoms with Crippen LogP contribution in [0.25, 0.3) is 0 Å². The van der Waals surface area contributed by atoms with Gasteiger partial charge in [-0.3, -0.25) is 47.9 Å². The molecular formula is C93H100Cl4I2N10O16S8. The molecule has 9 aromatic rings. The number of halogens is 6. The van der Waals surface area contributed by atoms with E-state index in [1.165, 1.54) is 65.8 Å². The zero-order chi connectivity index (χ0) is 96.5. The van der Waals surface area contributed by atoms with E-state index in [2.05, 4.69) is 92.2 Å². The highest BCUT2D eigenvalue weighted by molar-refractivity contribution is 15.0. The highest BCUT2D eigenvalue weighted by Gasteiger charge is 2.59. The van der Waals surface area contributed by atoms with Crippen LogP contribution in [0.3, 0.4) is 0 Å². The standard InChI is InChI=1S/C20H20N2O4S4.C20H22N2O4.C20H20N2O3S2.C20H22N2O3S2.C8H9Cl.C4H6N2O2.CHCl3.I2/c1-25-15-7-3-13(4-8-15)11-21-17(23)20-22(18(24)19(21)30(20)29-28-27)12-14-5-9-16(26-2)10-6-14;1-25-17-7-3-15(4-8-17)11-21-13-20(24)22(14-19(21)23)12-16-5-9-18(26-2)10-6-16;1-13-3-5-14(6-4-13)11-21-17(23)20-22(18(24)19(21)26-27-20)12-15-7-9-16(25-2)10-8-15;1-13-6-8-14(9-7-13)11-21-17(23)20(27)22(18(24)19(21)26)12-15-4-3-5-16(10-15)25-2;1-7-2-4-8(6-9)5-3-7;7-3-1-5-4(8)2-6-3;2-1(3)4;1-2/h3-10,19-20H,11-12H2,1-2H3;3-10H,11-14H2,1-2H3;3-10,19-20H,11-12H2,1-2H3;3-10,19-20,26-27H,11-12H2,1-2H3;2-5H,6H2,1H3;1-2H2,(H,5,8)(H,6,7);1H;. The van der Waals surface area contributed by atoms with Gasteiger partial charge in [0.15, 0.2) is 36.5 Å². The van der Waals surface area contributed by atoms with Gasteiger partial charge in [0.25, 0.3) is 35.4 Å². The minimum atomic E-state index is -0.849. The molecule has 0 spiro atoms. The van der Waals surface area contributed by atoms with Crippen molar-refractivity contribution in [3.8, 4) is 34.5 Å². The molecule has 2 N–H and O–H groups in total. The largest absolute Gasteiger partial charge is 0.497 e. The molecule has 0 radical (unpaired) electrons. The van der Waals surface area contributed by atoms with Crippen molar-refractivity contribution in [1.29, 1.82) is 0 Å². The molecule has 0 aromatic heterocycles. The highest BCUT2D eigenvalue weighted by Crippen LogP contribution is 2.48. The summed E-state index contributed by atoms with van der Waals surface area (Å²) in [4.78, 5) is 137. The molecule has 8 fully saturated rings. The molecule has 26 nitrogen and oxygen atoms in total. The number of rotatable bonds is 23. The predicted octanol–water partition coefficient (Wildman–Crippen LogP) is 14.9. The van der Waals surface area contributed by atoms with Crippen LogP contribution < -0.4 is 39.1 Å². The Hall–Kier alpha value is -8.49. The van der Waals surface area contributed by atoms with Gasteiger partial charge in [0.1, 0.15) is 47.6 Å². The topological polar surface area (TPSA) is 276 Å². The number of methoxy groups -OCH3 is 6. The Balaban J connectivity index is 0.000000184. The van der Waals surface area contributed by atoms with Crippen LogP contribution in [0, 0.1) is 20.8 Å². The van der Waals surface area contributed by atoms with Crippen LogP contribution in [0.1, 0.15) is 66.8 Å². The second-order valence-corrected chi connectivity index (χ2v) is 42.0. The Morgan fingerprint density at radius 1 is 0.383 bits per heavy atom. The lowest BCUT2D eigenvalue weighted by Gasteiger charge is -2.48. The summed E-state index contributed by atoms with van der Waals surface area (Å²) < 4.78 is 30.3. The molecule has 6 atom stereocenters. The van der Waals surface area contributed by atoms with E-state index in [1.807, 2.05) is 220 Å². The number of aryl methyl sites for hydroxylation is 3. The molecule has 8 aliphatic heterocycles. The molecule has 708 valence electrons. The van der Waals surface area contributed by atoms with Crippen molar-refractivity contribution in [2.24, 2.45) is 0 Å². The first-order chi connectivity index (χ1) is 64.0. The summed E-state index contributed by atoms with van der Waals surface area (Å²) in [6, 6.07) is 69.3. The maximum Gasteiger partial charge on any atom is 0.258 e. The third kappa shape index (κ3) is 31.3. The number of alkyl halides is 4. The number of nitrogens with zero attached hydrogens (tertiary/aromatic N) is 8. The van der Waals surface area contributed by atoms with Gasteiger partial charge in [-0.2, -0.15) is 0 Å². The normalized spacial score (nSPS) is 18.5. The molecule has 17 rings (SSSR count). The molecule has 9 aromatic carbocycles. The first-order valence-electron chi connectivity index (χ1n) is 40.8. The van der Waals surface area contributed by atoms with Gasteiger partial charge in [-0.05, 0) is 173 Å². The Morgan fingerprint density at radius 3 is 0.940 bits per heavy atom. The van der Waals surface area contributed by atoms with Gasteiger partial charge in [-0.15, -0.1) is 36.9 Å². The van der Waals surface area contributed by atoms with Gasteiger partial charge in [-0.1, -0.05) is 228 Å². The monoisotopic (exact) mass is 2260 g/mol. The molecule has 133 heavy (non-hydrogen) atoms.